The zero-order valence-electron chi connectivity index (χ0n) is 17.5. The molecule has 0 saturated heterocycles. The van der Waals surface area contributed by atoms with Crippen molar-refractivity contribution in [2.75, 3.05) is 44.8 Å². The minimum Gasteiger partial charge on any atom is -0.506 e. The number of benzene rings is 2. The summed E-state index contributed by atoms with van der Waals surface area (Å²) in [4.78, 5) is 23.3. The Balaban J connectivity index is 1.24. The summed E-state index contributed by atoms with van der Waals surface area (Å²) in [7, 11) is 0. The average molecular weight is 428 g/mol. The topological polar surface area (TPSA) is 109 Å². The van der Waals surface area contributed by atoms with Gasteiger partial charge in [-0.3, -0.25) is 9.59 Å². The Bertz CT molecular complexity index is 873. The van der Waals surface area contributed by atoms with Gasteiger partial charge in [0.05, 0.1) is 13.2 Å². The van der Waals surface area contributed by atoms with Crippen LogP contribution in [-0.4, -0.2) is 56.4 Å². The Morgan fingerprint density at radius 2 is 1.90 bits per heavy atom. The van der Waals surface area contributed by atoms with E-state index in [0.717, 1.165) is 12.0 Å². The lowest BCUT2D eigenvalue weighted by molar-refractivity contribution is -0.122. The highest BCUT2D eigenvalue weighted by Crippen LogP contribution is 2.39. The predicted molar refractivity (Wildman–Crippen MR) is 117 cm³/mol. The van der Waals surface area contributed by atoms with Crippen LogP contribution in [0.3, 0.4) is 0 Å². The molecule has 0 fully saturated rings. The minimum atomic E-state index is -0.282. The van der Waals surface area contributed by atoms with E-state index in [-0.39, 0.29) is 24.2 Å². The highest BCUT2D eigenvalue weighted by Gasteiger charge is 2.22. The summed E-state index contributed by atoms with van der Waals surface area (Å²) in [6, 6.07) is 13.4. The van der Waals surface area contributed by atoms with Crippen LogP contribution in [0.25, 0.3) is 0 Å². The molecule has 3 rings (SSSR count). The fourth-order valence-electron chi connectivity index (χ4n) is 3.24. The highest BCUT2D eigenvalue weighted by atomic mass is 16.5. The SMILES string of the molecule is O=C(CCOCCc1ccccc1)NCCNCCc1ccc(O)c2c1OCC(=O)N2. The number of amides is 2. The monoisotopic (exact) mass is 427 g/mol. The minimum absolute atomic E-state index is 0.00785. The van der Waals surface area contributed by atoms with E-state index in [1.54, 1.807) is 12.1 Å². The zero-order valence-corrected chi connectivity index (χ0v) is 17.5. The molecule has 1 aliphatic heterocycles. The van der Waals surface area contributed by atoms with Gasteiger partial charge in [-0.2, -0.15) is 0 Å². The largest absolute Gasteiger partial charge is 0.506 e. The molecule has 0 saturated carbocycles. The molecular weight excluding hydrogens is 398 g/mol. The first-order valence-corrected chi connectivity index (χ1v) is 10.5. The first kappa shape index (κ1) is 22.6. The number of rotatable bonds is 12. The number of hydrogen-bond acceptors (Lipinski definition) is 6. The summed E-state index contributed by atoms with van der Waals surface area (Å²) in [5, 5.41) is 18.6. The molecule has 4 N–H and O–H groups in total. The number of phenols is 1. The van der Waals surface area contributed by atoms with Gasteiger partial charge in [0.1, 0.15) is 11.4 Å². The summed E-state index contributed by atoms with van der Waals surface area (Å²) in [6.07, 6.45) is 1.85. The van der Waals surface area contributed by atoms with E-state index in [2.05, 4.69) is 28.1 Å². The Labute approximate surface area is 181 Å². The number of aromatic hydroxyl groups is 1. The summed E-state index contributed by atoms with van der Waals surface area (Å²) in [6.45, 7) is 2.80. The van der Waals surface area contributed by atoms with Crippen molar-refractivity contribution in [1.82, 2.24) is 10.6 Å². The lowest BCUT2D eigenvalue weighted by Gasteiger charge is -2.21. The van der Waals surface area contributed by atoms with Gasteiger partial charge in [-0.25, -0.2) is 0 Å². The number of carbonyl (C=O) groups excluding carboxylic acids is 2. The molecule has 0 unspecified atom stereocenters. The van der Waals surface area contributed by atoms with Gasteiger partial charge in [-0.15, -0.1) is 0 Å². The Morgan fingerprint density at radius 1 is 1.06 bits per heavy atom. The summed E-state index contributed by atoms with van der Waals surface area (Å²) in [5.74, 6) is 0.196. The fraction of sp³-hybridized carbons (Fsp3) is 0.391. The van der Waals surface area contributed by atoms with Crippen LogP contribution in [0.15, 0.2) is 42.5 Å². The molecule has 8 nitrogen and oxygen atoms in total. The van der Waals surface area contributed by atoms with E-state index in [9.17, 15) is 14.7 Å². The molecule has 0 bridgehead atoms. The zero-order chi connectivity index (χ0) is 21.9. The second-order valence-corrected chi connectivity index (χ2v) is 7.23. The van der Waals surface area contributed by atoms with Gasteiger partial charge < -0.3 is 30.5 Å². The van der Waals surface area contributed by atoms with Crippen LogP contribution in [0.2, 0.25) is 0 Å². The maximum atomic E-state index is 11.9. The number of phenolic OH excluding ortho intramolecular Hbond substituents is 1. The van der Waals surface area contributed by atoms with E-state index in [1.165, 1.54) is 5.56 Å². The van der Waals surface area contributed by atoms with Gasteiger partial charge in [0, 0.05) is 19.5 Å². The molecule has 0 aliphatic carbocycles. The van der Waals surface area contributed by atoms with Crippen molar-refractivity contribution in [3.8, 4) is 11.5 Å². The standard InChI is InChI=1S/C23H29N3O5/c27-19-7-6-18(23-22(19)26-21(29)16-31-23)8-11-24-12-13-25-20(28)10-15-30-14-9-17-4-2-1-3-5-17/h1-7,24,27H,8-16H2,(H,25,28)(H,26,29). The number of carbonyl (C=O) groups is 2. The van der Waals surface area contributed by atoms with Crippen LogP contribution in [0.5, 0.6) is 11.5 Å². The molecule has 2 amide bonds. The van der Waals surface area contributed by atoms with Crippen LogP contribution >= 0.6 is 0 Å². The second kappa shape index (κ2) is 11.9. The maximum absolute atomic E-state index is 11.9. The molecule has 1 heterocycles. The molecule has 31 heavy (non-hydrogen) atoms. The fourth-order valence-corrected chi connectivity index (χ4v) is 3.24. The molecule has 2 aromatic carbocycles. The average Bonchev–Trinajstić information content (AvgIpc) is 2.78. The quantitative estimate of drug-likeness (QED) is 0.303. The van der Waals surface area contributed by atoms with E-state index in [0.29, 0.717) is 57.1 Å². The van der Waals surface area contributed by atoms with Crippen LogP contribution in [-0.2, 0) is 27.2 Å². The van der Waals surface area contributed by atoms with E-state index in [1.807, 2.05) is 18.2 Å². The molecule has 0 radical (unpaired) electrons. The van der Waals surface area contributed by atoms with E-state index < -0.39 is 0 Å². The molecule has 8 heteroatoms. The number of anilines is 1. The van der Waals surface area contributed by atoms with E-state index in [4.69, 9.17) is 9.47 Å². The molecule has 0 aromatic heterocycles. The lowest BCUT2D eigenvalue weighted by atomic mass is 10.1. The van der Waals surface area contributed by atoms with Gasteiger partial charge >= 0.3 is 0 Å². The Kier molecular flexibility index (Phi) is 8.69. The Hall–Kier alpha value is -3.10. The van der Waals surface area contributed by atoms with Crippen LogP contribution in [0.1, 0.15) is 17.5 Å². The predicted octanol–water partition coefficient (Wildman–Crippen LogP) is 1.62. The number of nitrogens with one attached hydrogen (secondary N) is 3. The summed E-state index contributed by atoms with van der Waals surface area (Å²) < 4.78 is 11.0. The van der Waals surface area contributed by atoms with Gasteiger partial charge in [0.15, 0.2) is 12.4 Å². The Morgan fingerprint density at radius 3 is 2.74 bits per heavy atom. The smallest absolute Gasteiger partial charge is 0.262 e. The molecule has 0 atom stereocenters. The molecule has 0 spiro atoms. The first-order chi connectivity index (χ1) is 15.1. The first-order valence-electron chi connectivity index (χ1n) is 10.5. The molecule has 2 aromatic rings. The third-order valence-corrected chi connectivity index (χ3v) is 4.88. The van der Waals surface area contributed by atoms with Crippen LogP contribution < -0.4 is 20.7 Å². The molecule has 166 valence electrons. The number of fused-ring (bicyclic) bond motifs is 1. The highest BCUT2D eigenvalue weighted by molar-refractivity contribution is 5.97. The van der Waals surface area contributed by atoms with Crippen molar-refractivity contribution < 1.29 is 24.2 Å². The van der Waals surface area contributed by atoms with Crippen molar-refractivity contribution in [3.63, 3.8) is 0 Å². The normalized spacial score (nSPS) is 12.6. The van der Waals surface area contributed by atoms with Gasteiger partial charge in [0.2, 0.25) is 5.91 Å². The second-order valence-electron chi connectivity index (χ2n) is 7.23. The molecular formula is C23H29N3O5. The van der Waals surface area contributed by atoms with Crippen molar-refractivity contribution >= 4 is 17.5 Å². The third kappa shape index (κ3) is 7.27. The van der Waals surface area contributed by atoms with Gasteiger partial charge in [0.25, 0.3) is 5.91 Å². The van der Waals surface area contributed by atoms with Gasteiger partial charge in [-0.1, -0.05) is 36.4 Å². The maximum Gasteiger partial charge on any atom is 0.262 e. The van der Waals surface area contributed by atoms with Crippen LogP contribution in [0, 0.1) is 0 Å². The number of hydrogen-bond donors (Lipinski definition) is 4. The van der Waals surface area contributed by atoms with Crippen molar-refractivity contribution in [2.24, 2.45) is 0 Å². The summed E-state index contributed by atoms with van der Waals surface area (Å²) >= 11 is 0. The van der Waals surface area contributed by atoms with Crippen LogP contribution in [0.4, 0.5) is 5.69 Å². The lowest BCUT2D eigenvalue weighted by Crippen LogP contribution is -2.33. The van der Waals surface area contributed by atoms with Gasteiger partial charge in [-0.05, 0) is 36.6 Å². The summed E-state index contributed by atoms with van der Waals surface area (Å²) in [5.41, 5.74) is 2.45. The van der Waals surface area contributed by atoms with Crippen molar-refractivity contribution in [1.29, 1.82) is 0 Å². The number of ether oxygens (including phenoxy) is 2. The van der Waals surface area contributed by atoms with E-state index >= 15 is 0 Å². The molecule has 1 aliphatic rings. The van der Waals surface area contributed by atoms with Crippen molar-refractivity contribution in [2.45, 2.75) is 19.3 Å². The van der Waals surface area contributed by atoms with Crippen molar-refractivity contribution in [3.05, 3.63) is 53.6 Å². The third-order valence-electron chi connectivity index (χ3n) is 4.88.